The minimum absolute atomic E-state index is 0.462. The van der Waals surface area contributed by atoms with Crippen molar-refractivity contribution < 1.29 is 4.52 Å². The predicted octanol–water partition coefficient (Wildman–Crippen LogP) is 4.49. The lowest BCUT2D eigenvalue weighted by Gasteiger charge is -2.35. The van der Waals surface area contributed by atoms with Gasteiger partial charge in [-0.05, 0) is 57.3 Å². The molecule has 188 valence electrons. The zero-order valence-electron chi connectivity index (χ0n) is 21.3. The molecular weight excluding hydrogens is 474 g/mol. The first-order valence-electron chi connectivity index (χ1n) is 12.2. The second kappa shape index (κ2) is 10.0. The maximum absolute atomic E-state index is 6.68. The molecule has 2 aromatic heterocycles. The van der Waals surface area contributed by atoms with Gasteiger partial charge in [-0.1, -0.05) is 35.0 Å². The number of likely N-dealkylation sites (N-methyl/N-ethyl adjacent to an activating group) is 1. The molecule has 0 amide bonds. The highest BCUT2D eigenvalue weighted by Gasteiger charge is 2.24. The Morgan fingerprint density at radius 3 is 2.33 bits per heavy atom. The largest absolute Gasteiger partial charge is 0.383 e. The molecule has 5 rings (SSSR count). The molecule has 0 spiro atoms. The number of aromatic nitrogens is 3. The van der Waals surface area contributed by atoms with Crippen LogP contribution in [0.4, 0.5) is 11.8 Å². The van der Waals surface area contributed by atoms with Gasteiger partial charge in [0.1, 0.15) is 11.6 Å². The van der Waals surface area contributed by atoms with E-state index in [-0.39, 0.29) is 0 Å². The minimum atomic E-state index is 0.462. The molecular formula is C27H32ClN7O. The van der Waals surface area contributed by atoms with Crippen LogP contribution in [0.1, 0.15) is 11.5 Å². The van der Waals surface area contributed by atoms with E-state index in [1.165, 1.54) is 0 Å². The molecule has 0 atom stereocenters. The van der Waals surface area contributed by atoms with Crippen LogP contribution in [0.3, 0.4) is 0 Å². The van der Waals surface area contributed by atoms with Crippen LogP contribution >= 0.6 is 11.6 Å². The average Bonchev–Trinajstić information content (AvgIpc) is 3.20. The maximum Gasteiger partial charge on any atom is 0.227 e. The highest BCUT2D eigenvalue weighted by molar-refractivity contribution is 6.30. The van der Waals surface area contributed by atoms with Gasteiger partial charge in [-0.2, -0.15) is 4.98 Å². The normalized spacial score (nSPS) is 14.8. The van der Waals surface area contributed by atoms with Crippen LogP contribution < -0.4 is 10.6 Å². The topological polar surface area (TPSA) is 87.6 Å². The molecule has 3 heterocycles. The average molecular weight is 506 g/mol. The highest BCUT2D eigenvalue weighted by atomic mass is 35.5. The molecule has 36 heavy (non-hydrogen) atoms. The number of nitrogens with two attached hydrogens (primary N) is 1. The zero-order chi connectivity index (χ0) is 25.4. The van der Waals surface area contributed by atoms with Gasteiger partial charge in [0.2, 0.25) is 5.95 Å². The van der Waals surface area contributed by atoms with E-state index in [4.69, 9.17) is 31.8 Å². The smallest absolute Gasteiger partial charge is 0.227 e. The number of halogens is 1. The quantitative estimate of drug-likeness (QED) is 0.410. The molecule has 2 N–H and O–H groups in total. The molecule has 0 aliphatic carbocycles. The SMILES string of the molecule is Cc1noc(C)c1-c1ccc2nc(N3CCN(CCN(C)C)CC3)nc(N)c2c1-c1ccc(Cl)cc1. The number of anilines is 2. The Bertz CT molecular complexity index is 1360. The standard InChI is InChI=1S/C27H32ClN7O/c1-17-23(18(2)36-32-17)21-9-10-22-25(24(21)19-5-7-20(28)8-6-19)26(29)31-27(30-22)35-15-13-34(14-16-35)12-11-33(3)4/h5-10H,11-16H2,1-4H3,(H2,29,30,31). The Morgan fingerprint density at radius 2 is 1.69 bits per heavy atom. The van der Waals surface area contributed by atoms with Gasteiger partial charge in [0.25, 0.3) is 0 Å². The van der Waals surface area contributed by atoms with E-state index in [2.05, 4.69) is 40.0 Å². The van der Waals surface area contributed by atoms with Crippen molar-refractivity contribution in [2.24, 2.45) is 0 Å². The van der Waals surface area contributed by atoms with E-state index in [1.807, 2.05) is 44.2 Å². The van der Waals surface area contributed by atoms with Gasteiger partial charge in [0.05, 0.1) is 16.6 Å². The molecule has 1 aliphatic heterocycles. The molecule has 0 unspecified atom stereocenters. The summed E-state index contributed by atoms with van der Waals surface area (Å²) in [6.45, 7) is 9.71. The number of hydrogen-bond acceptors (Lipinski definition) is 8. The summed E-state index contributed by atoms with van der Waals surface area (Å²) in [5.41, 5.74) is 12.2. The summed E-state index contributed by atoms with van der Waals surface area (Å²) in [6, 6.07) is 11.9. The third-order valence-corrected chi connectivity index (χ3v) is 7.09. The number of nitrogen functional groups attached to an aromatic ring is 1. The van der Waals surface area contributed by atoms with Crippen LogP contribution in [0.2, 0.25) is 5.02 Å². The van der Waals surface area contributed by atoms with Crippen molar-refractivity contribution in [3.8, 4) is 22.3 Å². The Kier molecular flexibility index (Phi) is 6.83. The van der Waals surface area contributed by atoms with Gasteiger partial charge >= 0.3 is 0 Å². The van der Waals surface area contributed by atoms with Gasteiger partial charge < -0.3 is 20.1 Å². The molecule has 0 bridgehead atoms. The number of aryl methyl sites for hydroxylation is 2. The number of hydrogen-bond donors (Lipinski definition) is 1. The predicted molar refractivity (Wildman–Crippen MR) is 147 cm³/mol. The fourth-order valence-corrected chi connectivity index (χ4v) is 5.01. The molecule has 4 aromatic rings. The van der Waals surface area contributed by atoms with Gasteiger partial charge in [-0.15, -0.1) is 0 Å². The van der Waals surface area contributed by atoms with Crippen LogP contribution in [-0.4, -0.2) is 78.3 Å². The molecule has 1 fully saturated rings. The second-order valence-electron chi connectivity index (χ2n) is 9.63. The summed E-state index contributed by atoms with van der Waals surface area (Å²) in [5, 5.41) is 5.67. The molecule has 9 heteroatoms. The first-order chi connectivity index (χ1) is 17.3. The van der Waals surface area contributed by atoms with Crippen LogP contribution in [0, 0.1) is 13.8 Å². The monoisotopic (exact) mass is 505 g/mol. The lowest BCUT2D eigenvalue weighted by Crippen LogP contribution is -2.48. The second-order valence-corrected chi connectivity index (χ2v) is 10.1. The third-order valence-electron chi connectivity index (χ3n) is 6.83. The minimum Gasteiger partial charge on any atom is -0.383 e. The van der Waals surface area contributed by atoms with Gasteiger partial charge in [-0.3, -0.25) is 4.90 Å². The zero-order valence-corrected chi connectivity index (χ0v) is 22.0. The Labute approximate surface area is 216 Å². The van der Waals surface area contributed by atoms with Gasteiger partial charge in [0.15, 0.2) is 0 Å². The number of rotatable bonds is 6. The summed E-state index contributed by atoms with van der Waals surface area (Å²) >= 11 is 6.20. The van der Waals surface area contributed by atoms with Crippen molar-refractivity contribution in [2.75, 3.05) is 64.0 Å². The van der Waals surface area contributed by atoms with E-state index in [1.54, 1.807) is 0 Å². The molecule has 1 aliphatic rings. The van der Waals surface area contributed by atoms with Crippen LogP contribution in [-0.2, 0) is 0 Å². The highest BCUT2D eigenvalue weighted by Crippen LogP contribution is 2.42. The summed E-state index contributed by atoms with van der Waals surface area (Å²) < 4.78 is 5.49. The fourth-order valence-electron chi connectivity index (χ4n) is 4.89. The summed E-state index contributed by atoms with van der Waals surface area (Å²) in [5.74, 6) is 1.90. The van der Waals surface area contributed by atoms with Crippen LogP contribution in [0.15, 0.2) is 40.9 Å². The molecule has 1 saturated heterocycles. The third kappa shape index (κ3) is 4.76. The fraction of sp³-hybridized carbons (Fsp3) is 0.370. The van der Waals surface area contributed by atoms with Crippen molar-refractivity contribution >= 4 is 34.3 Å². The van der Waals surface area contributed by atoms with Crippen molar-refractivity contribution in [1.82, 2.24) is 24.9 Å². The van der Waals surface area contributed by atoms with Crippen molar-refractivity contribution in [3.63, 3.8) is 0 Å². The number of piperazine rings is 1. The van der Waals surface area contributed by atoms with E-state index < -0.39 is 0 Å². The molecule has 0 radical (unpaired) electrons. The lowest BCUT2D eigenvalue weighted by molar-refractivity contribution is 0.229. The van der Waals surface area contributed by atoms with Crippen LogP contribution in [0.25, 0.3) is 33.2 Å². The summed E-state index contributed by atoms with van der Waals surface area (Å²) in [4.78, 5) is 16.7. The summed E-state index contributed by atoms with van der Waals surface area (Å²) in [6.07, 6.45) is 0. The van der Waals surface area contributed by atoms with Gasteiger partial charge in [0, 0.05) is 55.4 Å². The Morgan fingerprint density at radius 1 is 0.972 bits per heavy atom. The number of benzene rings is 2. The summed E-state index contributed by atoms with van der Waals surface area (Å²) in [7, 11) is 4.22. The van der Waals surface area contributed by atoms with E-state index in [0.29, 0.717) is 16.8 Å². The maximum atomic E-state index is 6.68. The van der Waals surface area contributed by atoms with E-state index >= 15 is 0 Å². The van der Waals surface area contributed by atoms with E-state index in [0.717, 1.165) is 83.9 Å². The Hall–Kier alpha value is -3.20. The number of nitrogens with zero attached hydrogens (tertiary/aromatic N) is 6. The molecule has 8 nitrogen and oxygen atoms in total. The van der Waals surface area contributed by atoms with Crippen molar-refractivity contribution in [2.45, 2.75) is 13.8 Å². The molecule has 0 saturated carbocycles. The van der Waals surface area contributed by atoms with E-state index in [9.17, 15) is 0 Å². The van der Waals surface area contributed by atoms with Crippen LogP contribution in [0.5, 0.6) is 0 Å². The number of fused-ring (bicyclic) bond motifs is 1. The lowest BCUT2D eigenvalue weighted by atomic mass is 9.90. The van der Waals surface area contributed by atoms with Crippen molar-refractivity contribution in [1.29, 1.82) is 0 Å². The Balaban J connectivity index is 1.57. The van der Waals surface area contributed by atoms with Gasteiger partial charge in [-0.25, -0.2) is 4.98 Å². The molecule has 2 aromatic carbocycles. The first-order valence-corrected chi connectivity index (χ1v) is 12.6. The first kappa shape index (κ1) is 24.5. The van der Waals surface area contributed by atoms with Crippen molar-refractivity contribution in [3.05, 3.63) is 52.9 Å².